The minimum absolute atomic E-state index is 0.0893. The highest BCUT2D eigenvalue weighted by atomic mass is 32.1. The van der Waals surface area contributed by atoms with Crippen molar-refractivity contribution in [3.05, 3.63) is 34.9 Å². The first kappa shape index (κ1) is 14.9. The zero-order chi connectivity index (χ0) is 13.9. The summed E-state index contributed by atoms with van der Waals surface area (Å²) in [5, 5.41) is 27.7. The first-order valence-electron chi connectivity index (χ1n) is 5.07. The average molecular weight is 278 g/mol. The topological polar surface area (TPSA) is 77.8 Å². The maximum Gasteiger partial charge on any atom is 0.338 e. The maximum absolute atomic E-state index is 13.5. The van der Waals surface area contributed by atoms with Crippen molar-refractivity contribution in [2.24, 2.45) is 0 Å². The summed E-state index contributed by atoms with van der Waals surface area (Å²) in [4.78, 5) is 10.6. The van der Waals surface area contributed by atoms with E-state index < -0.39 is 40.9 Å². The molecule has 0 fully saturated rings. The van der Waals surface area contributed by atoms with E-state index in [-0.39, 0.29) is 12.2 Å². The number of carboxylic acids is 1. The van der Waals surface area contributed by atoms with E-state index >= 15 is 0 Å². The summed E-state index contributed by atoms with van der Waals surface area (Å²) in [6.07, 6.45) is -2.84. The molecule has 0 aliphatic rings. The van der Waals surface area contributed by atoms with Crippen molar-refractivity contribution >= 4 is 18.6 Å². The maximum atomic E-state index is 13.5. The van der Waals surface area contributed by atoms with Crippen LogP contribution in [0.2, 0.25) is 0 Å². The zero-order valence-corrected chi connectivity index (χ0v) is 10.1. The number of halogens is 2. The number of aromatic carboxylic acids is 1. The quantitative estimate of drug-likeness (QED) is 0.614. The molecule has 1 aromatic rings. The first-order chi connectivity index (χ1) is 8.38. The normalized spacial score (nSPS) is 14.3. The van der Waals surface area contributed by atoms with Gasteiger partial charge in [0.25, 0.3) is 0 Å². The molecule has 18 heavy (non-hydrogen) atoms. The predicted octanol–water partition coefficient (Wildman–Crippen LogP) is 1.38. The Kier molecular flexibility index (Phi) is 5.06. The lowest BCUT2D eigenvalue weighted by molar-refractivity contribution is 0.0149. The fourth-order valence-electron chi connectivity index (χ4n) is 1.45. The second-order valence-electron chi connectivity index (χ2n) is 3.68. The molecule has 0 aliphatic heterocycles. The fourth-order valence-corrected chi connectivity index (χ4v) is 1.71. The highest BCUT2D eigenvalue weighted by molar-refractivity contribution is 7.80. The summed E-state index contributed by atoms with van der Waals surface area (Å²) in [7, 11) is 0. The molecule has 2 atom stereocenters. The van der Waals surface area contributed by atoms with Crippen LogP contribution in [0.25, 0.3) is 0 Å². The molecule has 3 N–H and O–H groups in total. The second-order valence-corrected chi connectivity index (χ2v) is 4.13. The van der Waals surface area contributed by atoms with Crippen LogP contribution in [0.5, 0.6) is 0 Å². The molecule has 0 radical (unpaired) electrons. The third kappa shape index (κ3) is 3.18. The lowest BCUT2D eigenvalue weighted by atomic mass is 10.00. The molecular formula is C11H12F2O4S. The zero-order valence-electron chi connectivity index (χ0n) is 9.18. The molecule has 100 valence electrons. The van der Waals surface area contributed by atoms with Crippen LogP contribution in [-0.4, -0.2) is 33.1 Å². The summed E-state index contributed by atoms with van der Waals surface area (Å²) in [5.41, 5.74) is -1.31. The molecule has 0 heterocycles. The standard InChI is InChI=1S/C11H12F2O4S/c12-7-4-6(11(16)17)8(13)3-5(7)10(15)9(14)1-2-18/h3-4,9-10,14-15,18H,1-2H2,(H,16,17). The van der Waals surface area contributed by atoms with Gasteiger partial charge in [0, 0.05) is 5.56 Å². The van der Waals surface area contributed by atoms with Crippen molar-refractivity contribution in [3.8, 4) is 0 Å². The molecule has 0 amide bonds. The van der Waals surface area contributed by atoms with E-state index in [9.17, 15) is 23.8 Å². The van der Waals surface area contributed by atoms with Crippen LogP contribution in [0.1, 0.15) is 28.4 Å². The molecule has 0 saturated carbocycles. The van der Waals surface area contributed by atoms with Crippen LogP contribution in [0.4, 0.5) is 8.78 Å². The number of aliphatic hydroxyl groups excluding tert-OH is 2. The number of carbonyl (C=O) groups is 1. The number of hydrogen-bond acceptors (Lipinski definition) is 4. The summed E-state index contributed by atoms with van der Waals surface area (Å²) in [6.45, 7) is 0. The first-order valence-corrected chi connectivity index (χ1v) is 5.71. The molecule has 0 bridgehead atoms. The summed E-state index contributed by atoms with van der Waals surface area (Å²) < 4.78 is 26.9. The fraction of sp³-hybridized carbons (Fsp3) is 0.364. The van der Waals surface area contributed by atoms with Crippen molar-refractivity contribution in [3.63, 3.8) is 0 Å². The monoisotopic (exact) mass is 278 g/mol. The Hall–Kier alpha value is -1.18. The van der Waals surface area contributed by atoms with Crippen molar-refractivity contribution in [2.45, 2.75) is 18.6 Å². The molecular weight excluding hydrogens is 266 g/mol. The van der Waals surface area contributed by atoms with E-state index in [1.165, 1.54) is 0 Å². The number of thiol groups is 1. The number of carboxylic acid groups (broad SMARTS) is 1. The van der Waals surface area contributed by atoms with Crippen LogP contribution < -0.4 is 0 Å². The van der Waals surface area contributed by atoms with Crippen molar-refractivity contribution in [2.75, 3.05) is 5.75 Å². The van der Waals surface area contributed by atoms with Gasteiger partial charge in [0.05, 0.1) is 11.7 Å². The predicted molar refractivity (Wildman–Crippen MR) is 62.8 cm³/mol. The van der Waals surface area contributed by atoms with Gasteiger partial charge in [-0.05, 0) is 24.3 Å². The van der Waals surface area contributed by atoms with Gasteiger partial charge in [-0.25, -0.2) is 13.6 Å². The van der Waals surface area contributed by atoms with Gasteiger partial charge in [0.1, 0.15) is 17.7 Å². The average Bonchev–Trinajstić information content (AvgIpc) is 2.30. The molecule has 4 nitrogen and oxygen atoms in total. The molecule has 1 rings (SSSR count). The van der Waals surface area contributed by atoms with E-state index in [0.29, 0.717) is 12.1 Å². The van der Waals surface area contributed by atoms with Gasteiger partial charge >= 0.3 is 5.97 Å². The van der Waals surface area contributed by atoms with Crippen molar-refractivity contribution < 1.29 is 28.9 Å². The van der Waals surface area contributed by atoms with Crippen LogP contribution in [0.3, 0.4) is 0 Å². The lowest BCUT2D eigenvalue weighted by Crippen LogP contribution is -2.20. The number of rotatable bonds is 5. The lowest BCUT2D eigenvalue weighted by Gasteiger charge is -2.18. The number of aliphatic hydroxyl groups is 2. The largest absolute Gasteiger partial charge is 0.478 e. The Bertz CT molecular complexity index is 453. The van der Waals surface area contributed by atoms with Crippen LogP contribution in [-0.2, 0) is 0 Å². The van der Waals surface area contributed by atoms with E-state index in [2.05, 4.69) is 12.6 Å². The van der Waals surface area contributed by atoms with Crippen LogP contribution in [0, 0.1) is 11.6 Å². The Labute approximate surface area is 107 Å². The molecule has 0 aliphatic carbocycles. The smallest absolute Gasteiger partial charge is 0.338 e. The van der Waals surface area contributed by atoms with Crippen molar-refractivity contribution in [1.82, 2.24) is 0 Å². The molecule has 0 spiro atoms. The minimum atomic E-state index is -1.63. The van der Waals surface area contributed by atoms with Gasteiger partial charge in [-0.15, -0.1) is 0 Å². The third-order valence-electron chi connectivity index (χ3n) is 2.42. The van der Waals surface area contributed by atoms with Gasteiger partial charge in [-0.1, -0.05) is 0 Å². The SMILES string of the molecule is O=C(O)c1cc(F)c(C(O)C(O)CCS)cc1F. The molecule has 0 saturated heterocycles. The Morgan fingerprint density at radius 2 is 1.89 bits per heavy atom. The van der Waals surface area contributed by atoms with E-state index in [0.717, 1.165) is 0 Å². The summed E-state index contributed by atoms with van der Waals surface area (Å²) >= 11 is 3.84. The van der Waals surface area contributed by atoms with Crippen molar-refractivity contribution in [1.29, 1.82) is 0 Å². The highest BCUT2D eigenvalue weighted by Gasteiger charge is 2.24. The second kappa shape index (κ2) is 6.12. The van der Waals surface area contributed by atoms with Gasteiger partial charge in [-0.2, -0.15) is 12.6 Å². The minimum Gasteiger partial charge on any atom is -0.478 e. The van der Waals surface area contributed by atoms with Gasteiger partial charge < -0.3 is 15.3 Å². The Balaban J connectivity index is 3.11. The summed E-state index contributed by atoms with van der Waals surface area (Å²) in [6, 6.07) is 1.05. The van der Waals surface area contributed by atoms with Gasteiger partial charge in [0.15, 0.2) is 0 Å². The Morgan fingerprint density at radius 3 is 2.39 bits per heavy atom. The molecule has 1 aromatic carbocycles. The van der Waals surface area contributed by atoms with Gasteiger partial charge in [-0.3, -0.25) is 0 Å². The van der Waals surface area contributed by atoms with Gasteiger partial charge in [0.2, 0.25) is 0 Å². The molecule has 0 aromatic heterocycles. The number of benzene rings is 1. The van der Waals surface area contributed by atoms with E-state index in [1.54, 1.807) is 0 Å². The Morgan fingerprint density at radius 1 is 1.28 bits per heavy atom. The third-order valence-corrected chi connectivity index (χ3v) is 2.68. The van der Waals surface area contributed by atoms with Crippen LogP contribution >= 0.6 is 12.6 Å². The van der Waals surface area contributed by atoms with E-state index in [1.807, 2.05) is 0 Å². The van der Waals surface area contributed by atoms with E-state index in [4.69, 9.17) is 5.11 Å². The summed E-state index contributed by atoms with van der Waals surface area (Å²) in [5.74, 6) is -3.60. The molecule has 7 heteroatoms. The highest BCUT2D eigenvalue weighted by Crippen LogP contribution is 2.25. The number of hydrogen-bond donors (Lipinski definition) is 4. The molecule has 2 unspecified atom stereocenters. The van der Waals surface area contributed by atoms with Crippen LogP contribution in [0.15, 0.2) is 12.1 Å².